The fourth-order valence-corrected chi connectivity index (χ4v) is 4.84. The molecule has 0 aromatic heterocycles. The van der Waals surface area contributed by atoms with Gasteiger partial charge in [-0.25, -0.2) is 0 Å². The van der Waals surface area contributed by atoms with Crippen molar-refractivity contribution in [1.29, 1.82) is 0 Å². The average molecular weight is 425 g/mol. The lowest BCUT2D eigenvalue weighted by molar-refractivity contribution is -0.127. The minimum atomic E-state index is -0.340. The molecule has 154 valence electrons. The molecule has 3 rings (SSSR count). The molecule has 1 aliphatic carbocycles. The lowest BCUT2D eigenvalue weighted by Crippen LogP contribution is -2.43. The van der Waals surface area contributed by atoms with E-state index in [9.17, 15) is 9.59 Å². The molecule has 1 saturated heterocycles. The highest BCUT2D eigenvalue weighted by atomic mass is 35.5. The van der Waals surface area contributed by atoms with Crippen LogP contribution in [0.3, 0.4) is 0 Å². The van der Waals surface area contributed by atoms with Crippen molar-refractivity contribution >= 4 is 40.7 Å². The first-order valence-electron chi connectivity index (χ1n) is 10.3. The maximum absolute atomic E-state index is 12.8. The van der Waals surface area contributed by atoms with Crippen LogP contribution in [-0.4, -0.2) is 24.4 Å². The van der Waals surface area contributed by atoms with Crippen LogP contribution in [0.2, 0.25) is 10.0 Å². The summed E-state index contributed by atoms with van der Waals surface area (Å²) in [5.41, 5.74) is 0.945. The molecule has 1 saturated carbocycles. The third kappa shape index (κ3) is 4.49. The van der Waals surface area contributed by atoms with E-state index in [0.717, 1.165) is 31.6 Å². The first-order valence-corrected chi connectivity index (χ1v) is 11.0. The number of nitrogens with zero attached hydrogens (tertiary/aromatic N) is 1. The maximum Gasteiger partial charge on any atom is 0.227 e. The number of anilines is 1. The first kappa shape index (κ1) is 21.4. The maximum atomic E-state index is 12.8. The molecule has 0 spiro atoms. The summed E-state index contributed by atoms with van der Waals surface area (Å²) in [6.45, 7) is 7.29. The number of carbonyl (C=O) groups excluding carboxylic acids is 2. The average Bonchev–Trinajstić information content (AvgIpc) is 3.06. The molecule has 2 aliphatic rings. The molecule has 2 amide bonds. The van der Waals surface area contributed by atoms with Crippen LogP contribution in [0.25, 0.3) is 0 Å². The number of rotatable bonds is 5. The van der Waals surface area contributed by atoms with Crippen LogP contribution in [0.1, 0.15) is 59.3 Å². The standard InChI is InChI=1S/C22H30Cl2N2O2/c1-4-22(2,3)15-8-10-16(11-9-15)25-21(28)14-12-19(27)26(13-14)18-7-5-6-17(23)20(18)24/h5-7,14-16H,4,8-13H2,1-3H3,(H,25,28)/t14-,15?,16?/m0/s1. The van der Waals surface area contributed by atoms with Crippen LogP contribution in [0.4, 0.5) is 5.69 Å². The van der Waals surface area contributed by atoms with Gasteiger partial charge < -0.3 is 10.2 Å². The van der Waals surface area contributed by atoms with Crippen molar-refractivity contribution in [1.82, 2.24) is 5.32 Å². The second-order valence-corrected chi connectivity index (χ2v) is 9.66. The van der Waals surface area contributed by atoms with E-state index < -0.39 is 0 Å². The Morgan fingerprint density at radius 2 is 1.89 bits per heavy atom. The van der Waals surface area contributed by atoms with Crippen molar-refractivity contribution in [2.45, 2.75) is 65.3 Å². The second kappa shape index (κ2) is 8.62. The van der Waals surface area contributed by atoms with Crippen molar-refractivity contribution in [2.75, 3.05) is 11.4 Å². The van der Waals surface area contributed by atoms with E-state index in [4.69, 9.17) is 23.2 Å². The van der Waals surface area contributed by atoms with Gasteiger partial charge in [0.2, 0.25) is 11.8 Å². The SMILES string of the molecule is CCC(C)(C)C1CCC(NC(=O)[C@H]2CC(=O)N(c3cccc(Cl)c3Cl)C2)CC1. The Labute approximate surface area is 177 Å². The number of nitrogens with one attached hydrogen (secondary N) is 1. The number of benzene rings is 1. The Hall–Kier alpha value is -1.26. The third-order valence-corrected chi connectivity index (χ3v) is 7.62. The number of hydrogen-bond acceptors (Lipinski definition) is 2. The molecule has 28 heavy (non-hydrogen) atoms. The molecule has 0 radical (unpaired) electrons. The van der Waals surface area contributed by atoms with Crippen LogP contribution in [0.15, 0.2) is 18.2 Å². The predicted octanol–water partition coefficient (Wildman–Crippen LogP) is 5.46. The highest BCUT2D eigenvalue weighted by molar-refractivity contribution is 6.44. The van der Waals surface area contributed by atoms with Gasteiger partial charge in [0.25, 0.3) is 0 Å². The van der Waals surface area contributed by atoms with E-state index >= 15 is 0 Å². The van der Waals surface area contributed by atoms with Crippen LogP contribution in [-0.2, 0) is 9.59 Å². The molecule has 1 N–H and O–H groups in total. The van der Waals surface area contributed by atoms with Crippen molar-refractivity contribution in [3.05, 3.63) is 28.2 Å². The fraction of sp³-hybridized carbons (Fsp3) is 0.636. The molecule has 1 atom stereocenters. The summed E-state index contributed by atoms with van der Waals surface area (Å²) < 4.78 is 0. The molecule has 1 aromatic carbocycles. The van der Waals surface area contributed by atoms with Crippen LogP contribution >= 0.6 is 23.2 Å². The molecule has 0 unspecified atom stereocenters. The highest BCUT2D eigenvalue weighted by Crippen LogP contribution is 2.40. The third-order valence-electron chi connectivity index (χ3n) is 6.81. The summed E-state index contributed by atoms with van der Waals surface area (Å²) in [6, 6.07) is 5.44. The van der Waals surface area contributed by atoms with E-state index in [1.165, 1.54) is 6.42 Å². The summed E-state index contributed by atoms with van der Waals surface area (Å²) in [5.74, 6) is 0.274. The minimum Gasteiger partial charge on any atom is -0.353 e. The molecule has 2 fully saturated rings. The van der Waals surface area contributed by atoms with Gasteiger partial charge in [0.1, 0.15) is 0 Å². The summed E-state index contributed by atoms with van der Waals surface area (Å²) in [4.78, 5) is 26.8. The topological polar surface area (TPSA) is 49.4 Å². The van der Waals surface area contributed by atoms with Gasteiger partial charge in [-0.05, 0) is 49.1 Å². The summed E-state index contributed by atoms with van der Waals surface area (Å²) in [7, 11) is 0. The van der Waals surface area contributed by atoms with E-state index in [-0.39, 0.29) is 30.2 Å². The zero-order valence-electron chi connectivity index (χ0n) is 16.9. The minimum absolute atomic E-state index is 0.0211. The van der Waals surface area contributed by atoms with E-state index in [0.29, 0.717) is 27.7 Å². The van der Waals surface area contributed by atoms with E-state index in [1.807, 2.05) is 0 Å². The molecule has 4 nitrogen and oxygen atoms in total. The molecular formula is C22H30Cl2N2O2. The van der Waals surface area contributed by atoms with E-state index in [2.05, 4.69) is 26.1 Å². The van der Waals surface area contributed by atoms with Gasteiger partial charge >= 0.3 is 0 Å². The van der Waals surface area contributed by atoms with Crippen molar-refractivity contribution in [2.24, 2.45) is 17.3 Å². The van der Waals surface area contributed by atoms with Gasteiger partial charge in [-0.15, -0.1) is 0 Å². The number of carbonyl (C=O) groups is 2. The Morgan fingerprint density at radius 3 is 2.54 bits per heavy atom. The quantitative estimate of drug-likeness (QED) is 0.681. The van der Waals surface area contributed by atoms with Gasteiger partial charge in [0, 0.05) is 19.0 Å². The Bertz CT molecular complexity index is 742. The molecule has 0 bridgehead atoms. The van der Waals surface area contributed by atoms with Crippen LogP contribution in [0.5, 0.6) is 0 Å². The smallest absolute Gasteiger partial charge is 0.227 e. The van der Waals surface area contributed by atoms with E-state index in [1.54, 1.807) is 23.1 Å². The van der Waals surface area contributed by atoms with Crippen LogP contribution in [0, 0.1) is 17.3 Å². The highest BCUT2D eigenvalue weighted by Gasteiger charge is 2.38. The first-order chi connectivity index (χ1) is 13.2. The fourth-order valence-electron chi connectivity index (χ4n) is 4.44. The van der Waals surface area contributed by atoms with Crippen molar-refractivity contribution in [3.63, 3.8) is 0 Å². The number of halogens is 2. The zero-order chi connectivity index (χ0) is 20.5. The molecule has 6 heteroatoms. The largest absolute Gasteiger partial charge is 0.353 e. The predicted molar refractivity (Wildman–Crippen MR) is 115 cm³/mol. The van der Waals surface area contributed by atoms with Gasteiger partial charge in [-0.3, -0.25) is 9.59 Å². The zero-order valence-corrected chi connectivity index (χ0v) is 18.4. The number of hydrogen-bond donors (Lipinski definition) is 1. The normalized spacial score (nSPS) is 25.8. The lowest BCUT2D eigenvalue weighted by atomic mass is 9.69. The summed E-state index contributed by atoms with van der Waals surface area (Å²) in [6.07, 6.45) is 5.74. The van der Waals surface area contributed by atoms with Gasteiger partial charge in [-0.2, -0.15) is 0 Å². The van der Waals surface area contributed by atoms with Crippen molar-refractivity contribution in [3.8, 4) is 0 Å². The molecule has 1 heterocycles. The number of amides is 2. The summed E-state index contributed by atoms with van der Waals surface area (Å²) in [5, 5.41) is 3.96. The Kier molecular flexibility index (Phi) is 6.61. The second-order valence-electron chi connectivity index (χ2n) is 8.88. The molecular weight excluding hydrogens is 395 g/mol. The monoisotopic (exact) mass is 424 g/mol. The summed E-state index contributed by atoms with van der Waals surface area (Å²) >= 11 is 12.3. The Morgan fingerprint density at radius 1 is 1.21 bits per heavy atom. The Balaban J connectivity index is 1.56. The molecule has 1 aromatic rings. The van der Waals surface area contributed by atoms with Gasteiger partial charge in [0.05, 0.1) is 21.7 Å². The van der Waals surface area contributed by atoms with Crippen molar-refractivity contribution < 1.29 is 9.59 Å². The molecule has 1 aliphatic heterocycles. The van der Waals surface area contributed by atoms with Gasteiger partial charge in [-0.1, -0.05) is 56.5 Å². The van der Waals surface area contributed by atoms with Crippen LogP contribution < -0.4 is 10.2 Å². The van der Waals surface area contributed by atoms with Gasteiger partial charge in [0.15, 0.2) is 0 Å². The lowest BCUT2D eigenvalue weighted by Gasteiger charge is -2.39.